The average molecular weight is 119 g/mol. The maximum atomic E-state index is 5.11. The van der Waals surface area contributed by atoms with Crippen molar-refractivity contribution in [3.8, 4) is 0 Å². The second-order valence-electron chi connectivity index (χ2n) is 1.24. The summed E-state index contributed by atoms with van der Waals surface area (Å²) in [5.74, 6) is 0. The van der Waals surface area contributed by atoms with Crippen molar-refractivity contribution >= 4 is 23.1 Å². The quantitative estimate of drug-likeness (QED) is 0.337. The van der Waals surface area contributed by atoms with Gasteiger partial charge in [-0.05, 0) is 6.04 Å². The van der Waals surface area contributed by atoms with Crippen molar-refractivity contribution in [2.75, 3.05) is 0 Å². The molecule has 0 aromatic heterocycles. The van der Waals surface area contributed by atoms with Crippen LogP contribution in [0.1, 0.15) is 13.8 Å². The SMILES string of the molecule is CC(C)N.[Cl-].[Mg+2]. The zero-order valence-electron chi connectivity index (χ0n) is 4.24. The van der Waals surface area contributed by atoms with Crippen LogP contribution in [-0.4, -0.2) is 29.1 Å². The molecule has 0 radical (unpaired) electrons. The Labute approximate surface area is 61.2 Å². The van der Waals surface area contributed by atoms with Crippen LogP contribution < -0.4 is 18.1 Å². The van der Waals surface area contributed by atoms with Crippen LogP contribution in [0.5, 0.6) is 0 Å². The fourth-order valence-corrected chi connectivity index (χ4v) is 0. The molecule has 0 saturated carbocycles. The summed E-state index contributed by atoms with van der Waals surface area (Å²) in [6.07, 6.45) is 0. The molecule has 34 valence electrons. The first kappa shape index (κ1) is 15.7. The fourth-order valence-electron chi connectivity index (χ4n) is 0. The van der Waals surface area contributed by atoms with Gasteiger partial charge in [0.05, 0.1) is 0 Å². The van der Waals surface area contributed by atoms with Crippen molar-refractivity contribution in [3.05, 3.63) is 0 Å². The molecular weight excluding hydrogens is 110 g/mol. The molecular formula is C3H9ClMgN+. The normalized spacial score (nSPS) is 6.00. The third-order valence-corrected chi connectivity index (χ3v) is 0. The van der Waals surface area contributed by atoms with Crippen LogP contribution in [0.15, 0.2) is 0 Å². The minimum absolute atomic E-state index is 0. The van der Waals surface area contributed by atoms with Crippen LogP contribution in [0.2, 0.25) is 0 Å². The molecule has 3 heteroatoms. The summed E-state index contributed by atoms with van der Waals surface area (Å²) in [6, 6.07) is 0.333. The first-order valence-electron chi connectivity index (χ1n) is 1.49. The van der Waals surface area contributed by atoms with Crippen molar-refractivity contribution in [3.63, 3.8) is 0 Å². The third kappa shape index (κ3) is 78.3. The molecule has 0 unspecified atom stereocenters. The summed E-state index contributed by atoms with van der Waals surface area (Å²) in [7, 11) is 0. The first-order chi connectivity index (χ1) is 1.73. The molecule has 0 atom stereocenters. The van der Waals surface area contributed by atoms with E-state index in [1.807, 2.05) is 13.8 Å². The van der Waals surface area contributed by atoms with Crippen LogP contribution in [0.25, 0.3) is 0 Å². The van der Waals surface area contributed by atoms with E-state index in [9.17, 15) is 0 Å². The standard InChI is InChI=1S/C3H9N.ClH.Mg/c1-3(2)4;;/h3H,4H2,1-2H3;1H;/q;;+2/p-1. The van der Waals surface area contributed by atoms with E-state index >= 15 is 0 Å². The van der Waals surface area contributed by atoms with E-state index in [4.69, 9.17) is 5.73 Å². The number of hydrogen-bond donors (Lipinski definition) is 1. The molecule has 0 saturated heterocycles. The van der Waals surface area contributed by atoms with Gasteiger partial charge >= 0.3 is 23.1 Å². The van der Waals surface area contributed by atoms with Gasteiger partial charge in [-0.15, -0.1) is 0 Å². The largest absolute Gasteiger partial charge is 2.00 e. The van der Waals surface area contributed by atoms with Gasteiger partial charge in [0.2, 0.25) is 0 Å². The van der Waals surface area contributed by atoms with Gasteiger partial charge in [-0.2, -0.15) is 0 Å². The summed E-state index contributed by atoms with van der Waals surface area (Å²) in [5, 5.41) is 0. The van der Waals surface area contributed by atoms with E-state index in [0.29, 0.717) is 6.04 Å². The molecule has 0 rings (SSSR count). The monoisotopic (exact) mass is 118 g/mol. The van der Waals surface area contributed by atoms with E-state index in [2.05, 4.69) is 0 Å². The van der Waals surface area contributed by atoms with Gasteiger partial charge in [0.25, 0.3) is 0 Å². The topological polar surface area (TPSA) is 26.0 Å². The third-order valence-electron chi connectivity index (χ3n) is 0. The van der Waals surface area contributed by atoms with Gasteiger partial charge in [0.15, 0.2) is 0 Å². The van der Waals surface area contributed by atoms with Crippen LogP contribution in [0.3, 0.4) is 0 Å². The number of rotatable bonds is 0. The maximum absolute atomic E-state index is 5.11. The van der Waals surface area contributed by atoms with E-state index in [1.165, 1.54) is 0 Å². The van der Waals surface area contributed by atoms with Crippen molar-refractivity contribution in [1.82, 2.24) is 0 Å². The molecule has 0 amide bonds. The average Bonchev–Trinajstić information content (AvgIpc) is 0.811. The zero-order valence-corrected chi connectivity index (χ0v) is 6.41. The van der Waals surface area contributed by atoms with Gasteiger partial charge in [-0.3, -0.25) is 0 Å². The smallest absolute Gasteiger partial charge is 1.00 e. The predicted octanol–water partition coefficient (Wildman–Crippen LogP) is -3.02. The van der Waals surface area contributed by atoms with E-state index in [0.717, 1.165) is 0 Å². The Bertz CT molecular complexity index is 15.5. The molecule has 0 spiro atoms. The summed E-state index contributed by atoms with van der Waals surface area (Å²) in [6.45, 7) is 3.89. The molecule has 0 aromatic carbocycles. The maximum Gasteiger partial charge on any atom is 2.00 e. The number of hydrogen-bond acceptors (Lipinski definition) is 1. The Kier molecular flexibility index (Phi) is 24.6. The molecule has 0 bridgehead atoms. The molecule has 0 aliphatic heterocycles. The zero-order chi connectivity index (χ0) is 3.58. The van der Waals surface area contributed by atoms with Crippen LogP contribution in [0, 0.1) is 0 Å². The van der Waals surface area contributed by atoms with Gasteiger partial charge in [-0.1, -0.05) is 13.8 Å². The molecule has 0 aliphatic carbocycles. The molecule has 2 N–H and O–H groups in total. The minimum Gasteiger partial charge on any atom is -1.00 e. The Morgan fingerprint density at radius 3 is 1.33 bits per heavy atom. The van der Waals surface area contributed by atoms with Crippen molar-refractivity contribution in [2.24, 2.45) is 5.73 Å². The van der Waals surface area contributed by atoms with E-state index in [1.54, 1.807) is 0 Å². The second kappa shape index (κ2) is 9.39. The Morgan fingerprint density at radius 1 is 1.33 bits per heavy atom. The van der Waals surface area contributed by atoms with Crippen LogP contribution in [-0.2, 0) is 0 Å². The number of nitrogens with two attached hydrogens (primary N) is 1. The van der Waals surface area contributed by atoms with Gasteiger partial charge in [-0.25, -0.2) is 0 Å². The first-order valence-corrected chi connectivity index (χ1v) is 1.49. The Balaban J connectivity index is -0.0000000450. The number of halogens is 1. The van der Waals surface area contributed by atoms with Crippen LogP contribution >= 0.6 is 0 Å². The molecule has 1 nitrogen and oxygen atoms in total. The molecule has 0 heterocycles. The van der Waals surface area contributed by atoms with Crippen molar-refractivity contribution < 1.29 is 12.4 Å². The Hall–Kier alpha value is 1.02. The molecule has 0 aromatic rings. The summed E-state index contributed by atoms with van der Waals surface area (Å²) >= 11 is 0. The van der Waals surface area contributed by atoms with Gasteiger partial charge in [0, 0.05) is 0 Å². The Morgan fingerprint density at radius 2 is 1.33 bits per heavy atom. The van der Waals surface area contributed by atoms with Gasteiger partial charge in [0.1, 0.15) is 0 Å². The minimum atomic E-state index is 0. The summed E-state index contributed by atoms with van der Waals surface area (Å²) in [5.41, 5.74) is 5.11. The molecule has 6 heavy (non-hydrogen) atoms. The van der Waals surface area contributed by atoms with Crippen LogP contribution in [0.4, 0.5) is 0 Å². The van der Waals surface area contributed by atoms with Crippen molar-refractivity contribution in [1.29, 1.82) is 0 Å². The molecule has 0 aliphatic rings. The predicted molar refractivity (Wildman–Crippen MR) is 25.1 cm³/mol. The fraction of sp³-hybridized carbons (Fsp3) is 1.00. The second-order valence-corrected chi connectivity index (χ2v) is 1.24. The summed E-state index contributed by atoms with van der Waals surface area (Å²) < 4.78 is 0. The van der Waals surface area contributed by atoms with E-state index in [-0.39, 0.29) is 35.5 Å². The van der Waals surface area contributed by atoms with E-state index < -0.39 is 0 Å². The summed E-state index contributed by atoms with van der Waals surface area (Å²) in [4.78, 5) is 0. The van der Waals surface area contributed by atoms with Gasteiger partial charge < -0.3 is 18.1 Å². The molecule has 0 fully saturated rings. The van der Waals surface area contributed by atoms with Crippen molar-refractivity contribution in [2.45, 2.75) is 19.9 Å².